The van der Waals surface area contributed by atoms with Crippen LogP contribution in [0.5, 0.6) is 0 Å². The van der Waals surface area contributed by atoms with E-state index in [2.05, 4.69) is 215 Å². The summed E-state index contributed by atoms with van der Waals surface area (Å²) >= 11 is 3.97. The molecule has 0 aliphatic heterocycles. The van der Waals surface area contributed by atoms with Crippen molar-refractivity contribution in [3.05, 3.63) is 221 Å². The minimum Gasteiger partial charge on any atom is -0.310 e. The van der Waals surface area contributed by atoms with Crippen LogP contribution >= 0.6 is 15.9 Å². The van der Waals surface area contributed by atoms with Crippen molar-refractivity contribution in [3.8, 4) is 44.5 Å². The van der Waals surface area contributed by atoms with E-state index in [1.807, 2.05) is 0 Å². The molecule has 1 spiro atoms. The van der Waals surface area contributed by atoms with E-state index in [0.717, 1.165) is 21.5 Å². The molecule has 10 rings (SSSR count). The molecular formula is C49H32BrN. The number of halogens is 1. The lowest BCUT2D eigenvalue weighted by Gasteiger charge is -2.32. The molecule has 0 saturated heterocycles. The Bertz CT molecular complexity index is 2590. The van der Waals surface area contributed by atoms with E-state index in [9.17, 15) is 0 Å². The van der Waals surface area contributed by atoms with Crippen LogP contribution in [0, 0.1) is 0 Å². The average Bonchev–Trinajstić information content (AvgIpc) is 3.67. The predicted molar refractivity (Wildman–Crippen MR) is 216 cm³/mol. The molecular weight excluding hydrogens is 682 g/mol. The Morgan fingerprint density at radius 1 is 0.353 bits per heavy atom. The van der Waals surface area contributed by atoms with Gasteiger partial charge in [0.15, 0.2) is 0 Å². The fraction of sp³-hybridized carbons (Fsp3) is 0.0204. The Morgan fingerprint density at radius 2 is 0.882 bits per heavy atom. The summed E-state index contributed by atoms with van der Waals surface area (Å²) in [4.78, 5) is 2.44. The van der Waals surface area contributed by atoms with Crippen molar-refractivity contribution in [1.29, 1.82) is 0 Å². The topological polar surface area (TPSA) is 3.24 Å². The number of nitrogens with zero attached hydrogens (tertiary/aromatic N) is 1. The molecule has 240 valence electrons. The van der Waals surface area contributed by atoms with Gasteiger partial charge in [-0.05, 0) is 92.0 Å². The van der Waals surface area contributed by atoms with Gasteiger partial charge in [0.05, 0.1) is 11.1 Å². The fourth-order valence-corrected chi connectivity index (χ4v) is 9.24. The highest BCUT2D eigenvalue weighted by Crippen LogP contribution is 2.64. The van der Waals surface area contributed by atoms with Crippen LogP contribution < -0.4 is 4.90 Å². The molecule has 0 saturated carbocycles. The molecule has 0 amide bonds. The van der Waals surface area contributed by atoms with Crippen LogP contribution in [0.3, 0.4) is 0 Å². The van der Waals surface area contributed by atoms with Crippen LogP contribution in [0.2, 0.25) is 0 Å². The monoisotopic (exact) mass is 713 g/mol. The second-order valence-electron chi connectivity index (χ2n) is 13.4. The molecule has 0 heterocycles. The summed E-state index contributed by atoms with van der Waals surface area (Å²) in [5, 5.41) is 0. The number of fused-ring (bicyclic) bond motifs is 10. The van der Waals surface area contributed by atoms with Gasteiger partial charge in [0.2, 0.25) is 0 Å². The summed E-state index contributed by atoms with van der Waals surface area (Å²) in [6, 6.07) is 71.0. The maximum absolute atomic E-state index is 3.97. The van der Waals surface area contributed by atoms with Crippen LogP contribution in [0.25, 0.3) is 44.5 Å². The Kier molecular flexibility index (Phi) is 6.94. The number of rotatable bonds is 5. The van der Waals surface area contributed by atoms with Crippen molar-refractivity contribution in [2.45, 2.75) is 5.41 Å². The van der Waals surface area contributed by atoms with Crippen LogP contribution in [0.15, 0.2) is 199 Å². The molecule has 8 aromatic rings. The van der Waals surface area contributed by atoms with Gasteiger partial charge in [0.25, 0.3) is 0 Å². The molecule has 1 nitrogen and oxygen atoms in total. The fourth-order valence-electron chi connectivity index (χ4n) is 8.66. The van der Waals surface area contributed by atoms with Crippen molar-refractivity contribution in [2.75, 3.05) is 4.90 Å². The number of hydrogen-bond acceptors (Lipinski definition) is 1. The number of para-hydroxylation sites is 1. The van der Waals surface area contributed by atoms with Gasteiger partial charge in [-0.2, -0.15) is 0 Å². The molecule has 0 radical (unpaired) electrons. The highest BCUT2D eigenvalue weighted by Gasteiger charge is 2.52. The lowest BCUT2D eigenvalue weighted by Crippen LogP contribution is -2.26. The molecule has 2 aliphatic rings. The molecule has 1 unspecified atom stereocenters. The number of hydrogen-bond donors (Lipinski definition) is 0. The minimum atomic E-state index is -0.445. The first-order chi connectivity index (χ1) is 25.2. The van der Waals surface area contributed by atoms with E-state index in [1.165, 1.54) is 66.8 Å². The smallest absolute Gasteiger partial charge is 0.0726 e. The summed E-state index contributed by atoms with van der Waals surface area (Å²) in [7, 11) is 0. The molecule has 2 aliphatic carbocycles. The SMILES string of the molecule is Brc1cccc2c1-c1ccccc1C21c2ccccc2-c2ccc(N(c3ccc(-c4ccccc4)cc3)c3ccccc3-c3ccccc3)cc21. The third kappa shape index (κ3) is 4.46. The van der Waals surface area contributed by atoms with Crippen LogP contribution in [0.4, 0.5) is 17.1 Å². The number of benzene rings is 8. The average molecular weight is 715 g/mol. The highest BCUT2D eigenvalue weighted by molar-refractivity contribution is 9.10. The van der Waals surface area contributed by atoms with Gasteiger partial charge in [-0.3, -0.25) is 0 Å². The highest BCUT2D eigenvalue weighted by atomic mass is 79.9. The van der Waals surface area contributed by atoms with Crippen LogP contribution in [-0.2, 0) is 5.41 Å². The van der Waals surface area contributed by atoms with Gasteiger partial charge in [-0.25, -0.2) is 0 Å². The lowest BCUT2D eigenvalue weighted by molar-refractivity contribution is 0.793. The Hall–Kier alpha value is -5.96. The third-order valence-corrected chi connectivity index (χ3v) is 11.4. The van der Waals surface area contributed by atoms with E-state index in [-0.39, 0.29) is 0 Å². The first-order valence-electron chi connectivity index (χ1n) is 17.5. The van der Waals surface area contributed by atoms with Crippen molar-refractivity contribution in [1.82, 2.24) is 0 Å². The molecule has 0 aromatic heterocycles. The van der Waals surface area contributed by atoms with Crippen molar-refractivity contribution in [3.63, 3.8) is 0 Å². The van der Waals surface area contributed by atoms with E-state index in [0.29, 0.717) is 0 Å². The summed E-state index contributed by atoms with van der Waals surface area (Å²) in [5.74, 6) is 0. The van der Waals surface area contributed by atoms with E-state index in [1.54, 1.807) is 0 Å². The molecule has 8 aromatic carbocycles. The first kappa shape index (κ1) is 29.9. The van der Waals surface area contributed by atoms with E-state index < -0.39 is 5.41 Å². The quantitative estimate of drug-likeness (QED) is 0.172. The molecule has 0 N–H and O–H groups in total. The first-order valence-corrected chi connectivity index (χ1v) is 18.3. The standard InChI is InChI=1S/C49H32BrN/c50-46-24-13-23-44-48(46)41-20-8-11-22-43(41)49(44)42-21-10-7-19-39(42)40-31-30-37(32-45(40)49)51(36-28-26-34(27-29-36)33-14-3-1-4-15-33)47-25-12-9-18-38(47)35-16-5-2-6-17-35/h1-32H. The summed E-state index contributed by atoms with van der Waals surface area (Å²) in [5.41, 5.74) is 18.2. The molecule has 51 heavy (non-hydrogen) atoms. The van der Waals surface area contributed by atoms with Crippen molar-refractivity contribution >= 4 is 33.0 Å². The van der Waals surface area contributed by atoms with Gasteiger partial charge in [-0.15, -0.1) is 0 Å². The molecule has 2 heteroatoms. The van der Waals surface area contributed by atoms with Gasteiger partial charge in [0.1, 0.15) is 0 Å². The van der Waals surface area contributed by atoms with Gasteiger partial charge < -0.3 is 4.90 Å². The van der Waals surface area contributed by atoms with E-state index >= 15 is 0 Å². The zero-order valence-corrected chi connectivity index (χ0v) is 29.4. The second kappa shape index (κ2) is 11.8. The minimum absolute atomic E-state index is 0.445. The summed E-state index contributed by atoms with van der Waals surface area (Å²) < 4.78 is 1.13. The largest absolute Gasteiger partial charge is 0.310 e. The van der Waals surface area contributed by atoms with Gasteiger partial charge in [-0.1, -0.05) is 174 Å². The predicted octanol–water partition coefficient (Wildman–Crippen LogP) is 13.6. The second-order valence-corrected chi connectivity index (χ2v) is 14.2. The van der Waals surface area contributed by atoms with Crippen LogP contribution in [0.1, 0.15) is 22.3 Å². The Labute approximate surface area is 307 Å². The van der Waals surface area contributed by atoms with Crippen LogP contribution in [-0.4, -0.2) is 0 Å². The van der Waals surface area contributed by atoms with Crippen molar-refractivity contribution < 1.29 is 0 Å². The molecule has 0 bridgehead atoms. The lowest BCUT2D eigenvalue weighted by atomic mass is 9.70. The molecule has 1 atom stereocenters. The van der Waals surface area contributed by atoms with Gasteiger partial charge in [0, 0.05) is 27.0 Å². The Balaban J connectivity index is 1.24. The van der Waals surface area contributed by atoms with Crippen molar-refractivity contribution in [2.24, 2.45) is 0 Å². The summed E-state index contributed by atoms with van der Waals surface area (Å²) in [6.45, 7) is 0. The zero-order valence-electron chi connectivity index (χ0n) is 27.8. The zero-order chi connectivity index (χ0) is 33.9. The maximum atomic E-state index is 3.97. The summed E-state index contributed by atoms with van der Waals surface area (Å²) in [6.07, 6.45) is 0. The third-order valence-electron chi connectivity index (χ3n) is 10.8. The molecule has 0 fully saturated rings. The number of anilines is 3. The maximum Gasteiger partial charge on any atom is 0.0726 e. The Morgan fingerprint density at radius 3 is 1.63 bits per heavy atom. The van der Waals surface area contributed by atoms with Gasteiger partial charge >= 0.3 is 0 Å². The van der Waals surface area contributed by atoms with E-state index in [4.69, 9.17) is 0 Å². The normalized spacial score (nSPS) is 14.8.